The number of carboxylic acids is 1. The van der Waals surface area contributed by atoms with Crippen LogP contribution in [0.1, 0.15) is 5.56 Å². The van der Waals surface area contributed by atoms with Gasteiger partial charge in [-0.25, -0.2) is 9.18 Å². The van der Waals surface area contributed by atoms with Gasteiger partial charge in [0.15, 0.2) is 0 Å². The molecule has 0 aromatic heterocycles. The maximum absolute atomic E-state index is 12.7. The number of nitrogens with one attached hydrogen (secondary N) is 1. The summed E-state index contributed by atoms with van der Waals surface area (Å²) in [5.74, 6) is -2.73. The summed E-state index contributed by atoms with van der Waals surface area (Å²) in [6, 6.07) is 4.41. The Morgan fingerprint density at radius 1 is 1.32 bits per heavy atom. The van der Waals surface area contributed by atoms with Gasteiger partial charge in [-0.1, -0.05) is 12.1 Å². The van der Waals surface area contributed by atoms with Gasteiger partial charge in [0.2, 0.25) is 0 Å². The zero-order valence-electron chi connectivity index (χ0n) is 9.55. The molecule has 1 heterocycles. The average Bonchev–Trinajstić information content (AvgIpc) is 2.60. The van der Waals surface area contributed by atoms with Crippen molar-refractivity contribution < 1.29 is 23.9 Å². The topological polar surface area (TPSA) is 89.5 Å². The number of halogens is 1. The fourth-order valence-corrected chi connectivity index (χ4v) is 1.57. The number of aliphatic carboxylic acids is 1. The van der Waals surface area contributed by atoms with Crippen molar-refractivity contribution >= 4 is 24.0 Å². The van der Waals surface area contributed by atoms with Crippen LogP contribution in [-0.2, 0) is 9.59 Å². The minimum Gasteiger partial charge on any atom is -0.548 e. The number of carboxylic acid groups (broad SMARTS) is 1. The van der Waals surface area contributed by atoms with Crippen LogP contribution in [0.2, 0.25) is 0 Å². The fraction of sp³-hybridized carbons (Fsp3) is 0.0833. The van der Waals surface area contributed by atoms with E-state index in [0.717, 1.165) is 0 Å². The summed E-state index contributed by atoms with van der Waals surface area (Å²) < 4.78 is 12.7. The number of hydrogen-bond acceptors (Lipinski definition) is 4. The van der Waals surface area contributed by atoms with Crippen LogP contribution in [-0.4, -0.2) is 29.4 Å². The van der Waals surface area contributed by atoms with Crippen LogP contribution in [0.25, 0.3) is 6.08 Å². The van der Waals surface area contributed by atoms with E-state index in [9.17, 15) is 23.9 Å². The van der Waals surface area contributed by atoms with E-state index in [1.54, 1.807) is 0 Å². The number of amides is 3. The lowest BCUT2D eigenvalue weighted by Gasteiger charge is -2.11. The number of rotatable bonds is 3. The molecule has 1 aromatic carbocycles. The molecule has 0 bridgehead atoms. The van der Waals surface area contributed by atoms with Crippen LogP contribution < -0.4 is 10.4 Å². The Labute approximate surface area is 107 Å². The molecule has 1 aliphatic rings. The Morgan fingerprint density at radius 2 is 1.95 bits per heavy atom. The first kappa shape index (κ1) is 12.7. The summed E-state index contributed by atoms with van der Waals surface area (Å²) in [6.07, 6.45) is 1.33. The van der Waals surface area contributed by atoms with Crippen LogP contribution >= 0.6 is 0 Å². The molecule has 0 radical (unpaired) electrons. The van der Waals surface area contributed by atoms with Crippen LogP contribution in [0.5, 0.6) is 0 Å². The van der Waals surface area contributed by atoms with Crippen LogP contribution in [0.4, 0.5) is 9.18 Å². The summed E-state index contributed by atoms with van der Waals surface area (Å²) in [4.78, 5) is 34.0. The van der Waals surface area contributed by atoms with Crippen LogP contribution in [0.3, 0.4) is 0 Å². The van der Waals surface area contributed by atoms with Gasteiger partial charge in [-0.05, 0) is 23.8 Å². The van der Waals surface area contributed by atoms with Crippen molar-refractivity contribution in [2.45, 2.75) is 0 Å². The predicted octanol–water partition coefficient (Wildman–Crippen LogP) is -0.532. The van der Waals surface area contributed by atoms with Gasteiger partial charge >= 0.3 is 6.03 Å². The number of hydrogen-bond donors (Lipinski definition) is 1. The molecule has 1 fully saturated rings. The highest BCUT2D eigenvalue weighted by Crippen LogP contribution is 2.14. The van der Waals surface area contributed by atoms with Crippen LogP contribution in [0, 0.1) is 5.82 Å². The third-order valence-corrected chi connectivity index (χ3v) is 2.43. The van der Waals surface area contributed by atoms with Crippen molar-refractivity contribution in [3.05, 3.63) is 41.3 Å². The molecule has 0 spiro atoms. The minimum absolute atomic E-state index is 0.0714. The van der Waals surface area contributed by atoms with E-state index in [-0.39, 0.29) is 5.70 Å². The highest BCUT2D eigenvalue weighted by Gasteiger charge is 2.33. The molecule has 19 heavy (non-hydrogen) atoms. The molecule has 3 amide bonds. The monoisotopic (exact) mass is 263 g/mol. The van der Waals surface area contributed by atoms with Crippen molar-refractivity contribution in [3.8, 4) is 0 Å². The first-order valence-corrected chi connectivity index (χ1v) is 5.27. The lowest BCUT2D eigenvalue weighted by atomic mass is 10.2. The SMILES string of the molecule is O=C([O-])CN1C(=O)N/C(=C/c2ccc(F)cc2)C1=O. The lowest BCUT2D eigenvalue weighted by molar-refractivity contribution is -0.305. The second kappa shape index (κ2) is 4.89. The number of benzene rings is 1. The van der Waals surface area contributed by atoms with Crippen molar-refractivity contribution in [1.82, 2.24) is 10.2 Å². The Kier molecular flexibility index (Phi) is 3.28. The molecule has 6 nitrogen and oxygen atoms in total. The molecule has 0 aliphatic carbocycles. The van der Waals surface area contributed by atoms with E-state index >= 15 is 0 Å². The first-order chi connectivity index (χ1) is 8.97. The molecule has 0 atom stereocenters. The highest BCUT2D eigenvalue weighted by atomic mass is 19.1. The van der Waals surface area contributed by atoms with Crippen molar-refractivity contribution in [3.63, 3.8) is 0 Å². The number of imide groups is 1. The summed E-state index contributed by atoms with van der Waals surface area (Å²) >= 11 is 0. The van der Waals surface area contributed by atoms with E-state index in [2.05, 4.69) is 5.32 Å². The molecular formula is C12H8FN2O4-. The molecule has 0 unspecified atom stereocenters. The normalized spacial score (nSPS) is 16.9. The van der Waals surface area contributed by atoms with Gasteiger partial charge in [-0.15, -0.1) is 0 Å². The smallest absolute Gasteiger partial charge is 0.329 e. The van der Waals surface area contributed by atoms with Gasteiger partial charge in [0, 0.05) is 0 Å². The Morgan fingerprint density at radius 3 is 2.53 bits per heavy atom. The molecule has 98 valence electrons. The number of carbonyl (C=O) groups excluding carboxylic acids is 3. The molecule has 2 rings (SSSR count). The zero-order valence-corrected chi connectivity index (χ0v) is 9.55. The maximum atomic E-state index is 12.7. The third-order valence-electron chi connectivity index (χ3n) is 2.43. The lowest BCUT2D eigenvalue weighted by Crippen LogP contribution is -2.41. The van der Waals surface area contributed by atoms with Gasteiger partial charge in [0.1, 0.15) is 11.5 Å². The molecule has 1 aromatic rings. The van der Waals surface area contributed by atoms with Gasteiger partial charge in [-0.2, -0.15) is 0 Å². The van der Waals surface area contributed by atoms with Crippen LogP contribution in [0.15, 0.2) is 30.0 Å². The first-order valence-electron chi connectivity index (χ1n) is 5.27. The molecule has 1 N–H and O–H groups in total. The third kappa shape index (κ3) is 2.76. The van der Waals surface area contributed by atoms with Crippen molar-refractivity contribution in [2.75, 3.05) is 6.54 Å². The number of urea groups is 1. The molecule has 0 saturated carbocycles. The van der Waals surface area contributed by atoms with E-state index in [0.29, 0.717) is 10.5 Å². The summed E-state index contributed by atoms with van der Waals surface area (Å²) in [5.41, 5.74) is 0.429. The van der Waals surface area contributed by atoms with Gasteiger partial charge in [-0.3, -0.25) is 9.69 Å². The van der Waals surface area contributed by atoms with Gasteiger partial charge < -0.3 is 15.2 Å². The maximum Gasteiger partial charge on any atom is 0.329 e. The number of nitrogens with zero attached hydrogens (tertiary/aromatic N) is 1. The van der Waals surface area contributed by atoms with E-state index in [4.69, 9.17) is 0 Å². The number of carbonyl (C=O) groups is 3. The van der Waals surface area contributed by atoms with E-state index in [1.165, 1.54) is 30.3 Å². The molecule has 1 saturated heterocycles. The Hall–Kier alpha value is -2.70. The molecular weight excluding hydrogens is 255 g/mol. The van der Waals surface area contributed by atoms with Gasteiger partial charge in [0.25, 0.3) is 5.91 Å². The minimum atomic E-state index is -1.54. The Bertz CT molecular complexity index is 580. The Balaban J connectivity index is 2.23. The highest BCUT2D eigenvalue weighted by molar-refractivity contribution is 6.15. The standard InChI is InChI=1S/C12H9FN2O4/c13-8-3-1-7(2-4-8)5-9-11(18)15(6-10(16)17)12(19)14-9/h1-5H,6H2,(H,14,19)(H,16,17)/p-1/b9-5+. The summed E-state index contributed by atoms with van der Waals surface area (Å²) in [6.45, 7) is -0.814. The largest absolute Gasteiger partial charge is 0.548 e. The predicted molar refractivity (Wildman–Crippen MR) is 59.6 cm³/mol. The van der Waals surface area contributed by atoms with E-state index < -0.39 is 30.3 Å². The van der Waals surface area contributed by atoms with Crippen molar-refractivity contribution in [2.24, 2.45) is 0 Å². The molecule has 7 heteroatoms. The second-order valence-corrected chi connectivity index (χ2v) is 3.80. The van der Waals surface area contributed by atoms with Gasteiger partial charge in [0.05, 0.1) is 12.5 Å². The average molecular weight is 263 g/mol. The fourth-order valence-electron chi connectivity index (χ4n) is 1.57. The van der Waals surface area contributed by atoms with Crippen molar-refractivity contribution in [1.29, 1.82) is 0 Å². The second-order valence-electron chi connectivity index (χ2n) is 3.80. The van der Waals surface area contributed by atoms with E-state index in [1.807, 2.05) is 0 Å². The quantitative estimate of drug-likeness (QED) is 0.586. The summed E-state index contributed by atoms with van der Waals surface area (Å²) in [5, 5.41) is 12.6. The summed E-state index contributed by atoms with van der Waals surface area (Å²) in [7, 11) is 0. The molecule has 1 aliphatic heterocycles. The zero-order chi connectivity index (χ0) is 14.0.